The predicted octanol–water partition coefficient (Wildman–Crippen LogP) is 0.688. The first kappa shape index (κ1) is 15.9. The number of aromatic nitrogens is 4. The summed E-state index contributed by atoms with van der Waals surface area (Å²) in [5, 5.41) is 15.9. The number of carbonyl (C=O) groups excluding carboxylic acids is 1. The van der Waals surface area contributed by atoms with E-state index in [0.717, 1.165) is 11.1 Å². The lowest BCUT2D eigenvalue weighted by Gasteiger charge is -2.22. The van der Waals surface area contributed by atoms with Crippen molar-refractivity contribution in [2.75, 3.05) is 23.8 Å². The summed E-state index contributed by atoms with van der Waals surface area (Å²) in [6.07, 6.45) is 5.49. The summed E-state index contributed by atoms with van der Waals surface area (Å²) in [4.78, 5) is 32.6. The van der Waals surface area contributed by atoms with E-state index in [2.05, 4.69) is 20.4 Å². The molecule has 0 aromatic carbocycles. The highest BCUT2D eigenvalue weighted by atomic mass is 16.4. The Morgan fingerprint density at radius 1 is 1.46 bits per heavy atom. The lowest BCUT2D eigenvalue weighted by molar-refractivity contribution is -0.135. The van der Waals surface area contributed by atoms with Crippen molar-refractivity contribution >= 4 is 23.6 Å². The molecule has 1 amide bonds. The molecule has 3 rings (SSSR count). The number of nitrogens with one attached hydrogen (secondary N) is 1. The lowest BCUT2D eigenvalue weighted by atomic mass is 9.89. The van der Waals surface area contributed by atoms with E-state index >= 15 is 0 Å². The highest BCUT2D eigenvalue weighted by Gasteiger charge is 2.29. The van der Waals surface area contributed by atoms with Crippen LogP contribution in [0.5, 0.6) is 0 Å². The van der Waals surface area contributed by atoms with Crippen molar-refractivity contribution in [3.05, 3.63) is 29.7 Å². The summed E-state index contributed by atoms with van der Waals surface area (Å²) in [5.41, 5.74) is 1.74. The number of nitrogens with zero attached hydrogens (tertiary/aromatic N) is 5. The number of likely N-dealkylation sites (N-methyl/N-ethyl adjacent to an activating group) is 1. The summed E-state index contributed by atoms with van der Waals surface area (Å²) in [6, 6.07) is 0. The zero-order chi connectivity index (χ0) is 17.3. The van der Waals surface area contributed by atoms with Crippen LogP contribution in [0.3, 0.4) is 0 Å². The number of hydrogen-bond acceptors (Lipinski definition) is 6. The highest BCUT2D eigenvalue weighted by molar-refractivity contribution is 5.94. The van der Waals surface area contributed by atoms with Gasteiger partial charge in [0.25, 0.3) is 0 Å². The van der Waals surface area contributed by atoms with Crippen LogP contribution >= 0.6 is 0 Å². The summed E-state index contributed by atoms with van der Waals surface area (Å²) in [7, 11) is 1.61. The molecule has 0 saturated heterocycles. The maximum absolute atomic E-state index is 11.9. The zero-order valence-corrected chi connectivity index (χ0v) is 13.4. The van der Waals surface area contributed by atoms with Gasteiger partial charge in [-0.3, -0.25) is 14.3 Å². The molecule has 126 valence electrons. The van der Waals surface area contributed by atoms with Gasteiger partial charge in [0.2, 0.25) is 11.9 Å². The highest BCUT2D eigenvalue weighted by Crippen LogP contribution is 2.35. The van der Waals surface area contributed by atoms with Gasteiger partial charge in [-0.15, -0.1) is 0 Å². The molecule has 2 aromatic heterocycles. The quantitative estimate of drug-likeness (QED) is 0.829. The number of carboxylic acids is 1. The molecule has 9 nitrogen and oxygen atoms in total. The summed E-state index contributed by atoms with van der Waals surface area (Å²) >= 11 is 0. The van der Waals surface area contributed by atoms with Gasteiger partial charge in [0, 0.05) is 50.1 Å². The van der Waals surface area contributed by atoms with Crippen molar-refractivity contribution in [2.45, 2.75) is 25.8 Å². The summed E-state index contributed by atoms with van der Waals surface area (Å²) < 4.78 is 1.78. The Kier molecular flexibility index (Phi) is 4.15. The summed E-state index contributed by atoms with van der Waals surface area (Å²) in [5.74, 6) is -0.310. The Hall–Kier alpha value is -2.97. The Balaban J connectivity index is 1.88. The van der Waals surface area contributed by atoms with E-state index in [9.17, 15) is 9.59 Å². The maximum atomic E-state index is 11.9. The SMILES string of the molecule is CCn1cc2c(n1)NC(=O)CC2c1cnc(N(C)CC(=O)O)nc1. The largest absolute Gasteiger partial charge is 0.480 e. The van der Waals surface area contributed by atoms with E-state index in [-0.39, 0.29) is 18.4 Å². The van der Waals surface area contributed by atoms with E-state index in [4.69, 9.17) is 5.11 Å². The second-order valence-electron chi connectivity index (χ2n) is 5.66. The molecule has 1 aliphatic rings. The Morgan fingerprint density at radius 3 is 2.79 bits per heavy atom. The standard InChI is InChI=1S/C15H18N6O3/c1-3-21-7-11-10(4-12(22)18-14(11)19-21)9-5-16-15(17-6-9)20(2)8-13(23)24/h5-7,10H,3-4,8H2,1-2H3,(H,23,24)(H,18,19,22). The van der Waals surface area contributed by atoms with Crippen molar-refractivity contribution < 1.29 is 14.7 Å². The number of carboxylic acid groups (broad SMARTS) is 1. The van der Waals surface area contributed by atoms with Gasteiger partial charge >= 0.3 is 5.97 Å². The number of aryl methyl sites for hydroxylation is 1. The number of rotatable bonds is 5. The van der Waals surface area contributed by atoms with Crippen molar-refractivity contribution in [1.29, 1.82) is 0 Å². The molecule has 24 heavy (non-hydrogen) atoms. The topological polar surface area (TPSA) is 113 Å². The van der Waals surface area contributed by atoms with E-state index in [0.29, 0.717) is 24.7 Å². The monoisotopic (exact) mass is 330 g/mol. The van der Waals surface area contributed by atoms with Gasteiger partial charge in [-0.1, -0.05) is 0 Å². The van der Waals surface area contributed by atoms with Crippen LogP contribution < -0.4 is 10.2 Å². The number of carbonyl (C=O) groups is 2. The number of fused-ring (bicyclic) bond motifs is 1. The first-order valence-electron chi connectivity index (χ1n) is 7.60. The number of hydrogen-bond donors (Lipinski definition) is 2. The third kappa shape index (κ3) is 3.05. The van der Waals surface area contributed by atoms with Crippen LogP contribution in [-0.4, -0.2) is 50.3 Å². The molecule has 0 spiro atoms. The summed E-state index contributed by atoms with van der Waals surface area (Å²) in [6.45, 7) is 2.51. The molecule has 1 aliphatic heterocycles. The van der Waals surface area contributed by atoms with Gasteiger partial charge in [-0.25, -0.2) is 9.97 Å². The minimum absolute atomic E-state index is 0.0964. The van der Waals surface area contributed by atoms with Gasteiger partial charge in [0.15, 0.2) is 5.82 Å². The fourth-order valence-corrected chi connectivity index (χ4v) is 2.71. The minimum Gasteiger partial charge on any atom is -0.480 e. The lowest BCUT2D eigenvalue weighted by Crippen LogP contribution is -2.27. The predicted molar refractivity (Wildman–Crippen MR) is 85.9 cm³/mol. The van der Waals surface area contributed by atoms with Gasteiger partial charge < -0.3 is 15.3 Å². The normalized spacial score (nSPS) is 16.4. The van der Waals surface area contributed by atoms with Crippen LogP contribution in [0.4, 0.5) is 11.8 Å². The van der Waals surface area contributed by atoms with Crippen LogP contribution in [0, 0.1) is 0 Å². The van der Waals surface area contributed by atoms with Crippen LogP contribution in [0.25, 0.3) is 0 Å². The van der Waals surface area contributed by atoms with E-state index in [1.807, 2.05) is 13.1 Å². The van der Waals surface area contributed by atoms with E-state index in [1.54, 1.807) is 24.1 Å². The number of amides is 1. The van der Waals surface area contributed by atoms with Crippen LogP contribution in [0.2, 0.25) is 0 Å². The first-order chi connectivity index (χ1) is 11.5. The molecule has 1 unspecified atom stereocenters. The third-order valence-corrected chi connectivity index (χ3v) is 3.91. The Morgan fingerprint density at radius 2 is 2.17 bits per heavy atom. The second kappa shape index (κ2) is 6.26. The fraction of sp³-hybridized carbons (Fsp3) is 0.400. The molecule has 1 atom stereocenters. The van der Waals surface area contributed by atoms with E-state index in [1.165, 1.54) is 4.90 Å². The average molecular weight is 330 g/mol. The fourth-order valence-electron chi connectivity index (χ4n) is 2.71. The van der Waals surface area contributed by atoms with Crippen LogP contribution in [0.15, 0.2) is 18.6 Å². The van der Waals surface area contributed by atoms with Gasteiger partial charge in [-0.05, 0) is 12.5 Å². The molecular weight excluding hydrogens is 312 g/mol. The molecule has 0 saturated carbocycles. The maximum Gasteiger partial charge on any atom is 0.323 e. The third-order valence-electron chi connectivity index (χ3n) is 3.91. The minimum atomic E-state index is -0.953. The molecular formula is C15H18N6O3. The van der Waals surface area contributed by atoms with Gasteiger partial charge in [-0.2, -0.15) is 5.10 Å². The zero-order valence-electron chi connectivity index (χ0n) is 13.4. The molecule has 2 aromatic rings. The molecule has 3 heterocycles. The molecule has 0 radical (unpaired) electrons. The van der Waals surface area contributed by atoms with Crippen molar-refractivity contribution in [3.8, 4) is 0 Å². The molecule has 9 heteroatoms. The second-order valence-corrected chi connectivity index (χ2v) is 5.66. The van der Waals surface area contributed by atoms with Gasteiger partial charge in [0.1, 0.15) is 6.54 Å². The molecule has 0 fully saturated rings. The molecule has 2 N–H and O–H groups in total. The Bertz CT molecular complexity index is 770. The van der Waals surface area contributed by atoms with Gasteiger partial charge in [0.05, 0.1) is 0 Å². The first-order valence-corrected chi connectivity index (χ1v) is 7.60. The van der Waals surface area contributed by atoms with Crippen molar-refractivity contribution in [2.24, 2.45) is 0 Å². The Labute approximate surface area is 138 Å². The molecule has 0 aliphatic carbocycles. The van der Waals surface area contributed by atoms with E-state index < -0.39 is 5.97 Å². The number of aliphatic carboxylic acids is 1. The van der Waals surface area contributed by atoms with Crippen molar-refractivity contribution in [3.63, 3.8) is 0 Å². The van der Waals surface area contributed by atoms with Crippen LogP contribution in [0.1, 0.15) is 30.4 Å². The smallest absolute Gasteiger partial charge is 0.323 e. The average Bonchev–Trinajstić information content (AvgIpc) is 2.96. The van der Waals surface area contributed by atoms with Crippen molar-refractivity contribution in [1.82, 2.24) is 19.7 Å². The molecule has 0 bridgehead atoms. The number of anilines is 2. The van der Waals surface area contributed by atoms with Crippen LogP contribution in [-0.2, 0) is 16.1 Å².